The Bertz CT molecular complexity index is 235. The van der Waals surface area contributed by atoms with Crippen molar-refractivity contribution >= 4 is 18.4 Å². The molecule has 0 radical (unpaired) electrons. The zero-order chi connectivity index (χ0) is 10.1. The number of esters is 1. The molecule has 0 saturated heterocycles. The summed E-state index contributed by atoms with van der Waals surface area (Å²) in [4.78, 5) is 11.5. The number of halogens is 1. The lowest BCUT2D eigenvalue weighted by Crippen LogP contribution is -2.51. The third kappa shape index (κ3) is 2.13. The van der Waals surface area contributed by atoms with Crippen molar-refractivity contribution in [1.82, 2.24) is 5.32 Å². The summed E-state index contributed by atoms with van der Waals surface area (Å²) in [5.41, 5.74) is 0. The first kappa shape index (κ1) is 12.8. The van der Waals surface area contributed by atoms with Crippen LogP contribution in [0, 0.1) is 17.8 Å². The molecule has 0 bridgehead atoms. The molecule has 2 saturated carbocycles. The van der Waals surface area contributed by atoms with Crippen molar-refractivity contribution in [2.75, 3.05) is 14.2 Å². The lowest BCUT2D eigenvalue weighted by molar-refractivity contribution is -0.153. The number of nitrogens with one attached hydrogen (secondary N) is 1. The fourth-order valence-corrected chi connectivity index (χ4v) is 3.14. The van der Waals surface area contributed by atoms with Crippen molar-refractivity contribution in [3.05, 3.63) is 0 Å². The number of carbonyl (C=O) groups is 1. The van der Waals surface area contributed by atoms with Crippen LogP contribution in [0.15, 0.2) is 0 Å². The summed E-state index contributed by atoms with van der Waals surface area (Å²) in [6.45, 7) is 0. The number of fused-ring (bicyclic) bond motifs is 1. The topological polar surface area (TPSA) is 38.3 Å². The molecule has 0 aliphatic heterocycles. The average molecular weight is 234 g/mol. The van der Waals surface area contributed by atoms with E-state index in [-0.39, 0.29) is 24.3 Å². The maximum Gasteiger partial charge on any atom is 0.308 e. The largest absolute Gasteiger partial charge is 0.469 e. The fourth-order valence-electron chi connectivity index (χ4n) is 3.14. The van der Waals surface area contributed by atoms with Gasteiger partial charge in [0.25, 0.3) is 0 Å². The van der Waals surface area contributed by atoms with Gasteiger partial charge in [-0.3, -0.25) is 4.79 Å². The molecule has 0 aromatic rings. The Labute approximate surface area is 97.4 Å². The quantitative estimate of drug-likeness (QED) is 0.737. The normalized spacial score (nSPS) is 38.3. The van der Waals surface area contributed by atoms with Gasteiger partial charge in [0.1, 0.15) is 0 Å². The number of hydrogen-bond acceptors (Lipinski definition) is 3. The van der Waals surface area contributed by atoms with E-state index in [1.807, 2.05) is 7.05 Å². The van der Waals surface area contributed by atoms with Crippen LogP contribution >= 0.6 is 12.4 Å². The van der Waals surface area contributed by atoms with Gasteiger partial charge in [-0.05, 0) is 44.6 Å². The third-order valence-electron chi connectivity index (χ3n) is 4.08. The SMILES string of the molecule is CNC1CCC(C(=O)OC)C2CCC12.Cl. The van der Waals surface area contributed by atoms with Crippen LogP contribution in [0.5, 0.6) is 0 Å². The summed E-state index contributed by atoms with van der Waals surface area (Å²) in [6, 6.07) is 0.634. The highest BCUT2D eigenvalue weighted by atomic mass is 35.5. The highest BCUT2D eigenvalue weighted by Gasteiger charge is 2.47. The zero-order valence-electron chi connectivity index (χ0n) is 9.36. The van der Waals surface area contributed by atoms with Gasteiger partial charge >= 0.3 is 5.97 Å². The van der Waals surface area contributed by atoms with Crippen molar-refractivity contribution < 1.29 is 9.53 Å². The van der Waals surface area contributed by atoms with Gasteiger partial charge in [-0.1, -0.05) is 0 Å². The van der Waals surface area contributed by atoms with E-state index in [0.717, 1.165) is 18.8 Å². The molecule has 2 aliphatic carbocycles. The summed E-state index contributed by atoms with van der Waals surface area (Å²) in [5, 5.41) is 3.36. The van der Waals surface area contributed by atoms with E-state index in [9.17, 15) is 4.79 Å². The first-order valence-electron chi connectivity index (χ1n) is 5.53. The molecule has 4 unspecified atom stereocenters. The first-order valence-corrected chi connectivity index (χ1v) is 5.53. The molecule has 0 amide bonds. The maximum atomic E-state index is 11.5. The Morgan fingerprint density at radius 1 is 1.20 bits per heavy atom. The van der Waals surface area contributed by atoms with Crippen LogP contribution in [-0.4, -0.2) is 26.2 Å². The molecule has 0 spiro atoms. The second-order valence-corrected chi connectivity index (χ2v) is 4.51. The number of hydrogen-bond donors (Lipinski definition) is 1. The lowest BCUT2D eigenvalue weighted by Gasteiger charge is -2.49. The van der Waals surface area contributed by atoms with Crippen molar-refractivity contribution in [3.63, 3.8) is 0 Å². The molecule has 88 valence electrons. The van der Waals surface area contributed by atoms with Gasteiger partial charge < -0.3 is 10.1 Å². The Morgan fingerprint density at radius 3 is 2.33 bits per heavy atom. The van der Waals surface area contributed by atoms with Gasteiger partial charge in [0.15, 0.2) is 0 Å². The lowest BCUT2D eigenvalue weighted by atomic mass is 9.58. The van der Waals surface area contributed by atoms with Crippen LogP contribution in [0.3, 0.4) is 0 Å². The van der Waals surface area contributed by atoms with Crippen LogP contribution < -0.4 is 5.32 Å². The van der Waals surface area contributed by atoms with E-state index in [4.69, 9.17) is 4.74 Å². The minimum atomic E-state index is 0. The van der Waals surface area contributed by atoms with E-state index < -0.39 is 0 Å². The monoisotopic (exact) mass is 233 g/mol. The zero-order valence-corrected chi connectivity index (χ0v) is 10.2. The summed E-state index contributed by atoms with van der Waals surface area (Å²) in [5.74, 6) is 1.50. The number of ether oxygens (including phenoxy) is 1. The van der Waals surface area contributed by atoms with Crippen molar-refractivity contribution in [2.24, 2.45) is 17.8 Å². The van der Waals surface area contributed by atoms with Crippen molar-refractivity contribution in [2.45, 2.75) is 31.7 Å². The molecule has 4 atom stereocenters. The molecule has 2 rings (SSSR count). The van der Waals surface area contributed by atoms with E-state index in [0.29, 0.717) is 12.0 Å². The highest BCUT2D eigenvalue weighted by molar-refractivity contribution is 5.85. The molecule has 4 heteroatoms. The highest BCUT2D eigenvalue weighted by Crippen LogP contribution is 2.48. The maximum absolute atomic E-state index is 11.5. The predicted molar refractivity (Wildman–Crippen MR) is 61.0 cm³/mol. The summed E-state index contributed by atoms with van der Waals surface area (Å²) in [7, 11) is 3.53. The van der Waals surface area contributed by atoms with E-state index >= 15 is 0 Å². The second-order valence-electron chi connectivity index (χ2n) is 4.51. The van der Waals surface area contributed by atoms with Crippen molar-refractivity contribution in [3.8, 4) is 0 Å². The van der Waals surface area contributed by atoms with Gasteiger partial charge in [-0.25, -0.2) is 0 Å². The van der Waals surface area contributed by atoms with Gasteiger partial charge in [0.2, 0.25) is 0 Å². The van der Waals surface area contributed by atoms with Crippen LogP contribution in [-0.2, 0) is 9.53 Å². The van der Waals surface area contributed by atoms with E-state index in [1.54, 1.807) is 0 Å². The number of carbonyl (C=O) groups excluding carboxylic acids is 1. The molecule has 15 heavy (non-hydrogen) atoms. The number of rotatable bonds is 2. The summed E-state index contributed by atoms with van der Waals surface area (Å²) in [6.07, 6.45) is 4.61. The van der Waals surface area contributed by atoms with Crippen LogP contribution in [0.4, 0.5) is 0 Å². The average Bonchev–Trinajstić information content (AvgIpc) is 2.17. The van der Waals surface area contributed by atoms with Crippen LogP contribution in [0.1, 0.15) is 25.7 Å². The molecule has 3 nitrogen and oxygen atoms in total. The van der Waals surface area contributed by atoms with Crippen LogP contribution in [0.25, 0.3) is 0 Å². The minimum Gasteiger partial charge on any atom is -0.469 e. The standard InChI is InChI=1S/C11H19NO2.ClH/c1-12-10-6-5-9(11(13)14-2)7-3-4-8(7)10;/h7-10,12H,3-6H2,1-2H3;1H. The third-order valence-corrected chi connectivity index (χ3v) is 4.08. The summed E-state index contributed by atoms with van der Waals surface area (Å²) < 4.78 is 4.85. The van der Waals surface area contributed by atoms with Crippen LogP contribution in [0.2, 0.25) is 0 Å². The Kier molecular flexibility index (Phi) is 4.41. The molecule has 2 fully saturated rings. The summed E-state index contributed by atoms with van der Waals surface area (Å²) >= 11 is 0. The Hall–Kier alpha value is -0.280. The minimum absolute atomic E-state index is 0. The smallest absolute Gasteiger partial charge is 0.308 e. The Morgan fingerprint density at radius 2 is 1.87 bits per heavy atom. The molecule has 0 heterocycles. The molecular weight excluding hydrogens is 214 g/mol. The van der Waals surface area contributed by atoms with E-state index in [2.05, 4.69) is 5.32 Å². The molecule has 0 aromatic heterocycles. The van der Waals surface area contributed by atoms with Gasteiger partial charge in [-0.15, -0.1) is 12.4 Å². The fraction of sp³-hybridized carbons (Fsp3) is 0.909. The number of methoxy groups -OCH3 is 1. The first-order chi connectivity index (χ1) is 6.77. The molecular formula is C11H20ClNO2. The Balaban J connectivity index is 0.00000112. The van der Waals surface area contributed by atoms with Gasteiger partial charge in [0, 0.05) is 6.04 Å². The van der Waals surface area contributed by atoms with Gasteiger partial charge in [0.05, 0.1) is 13.0 Å². The second kappa shape index (κ2) is 5.17. The van der Waals surface area contributed by atoms with E-state index in [1.165, 1.54) is 20.0 Å². The van der Waals surface area contributed by atoms with Gasteiger partial charge in [-0.2, -0.15) is 0 Å². The predicted octanol–water partition coefficient (Wildman–Crippen LogP) is 1.61. The van der Waals surface area contributed by atoms with Crippen molar-refractivity contribution in [1.29, 1.82) is 0 Å². The molecule has 0 aromatic carbocycles. The molecule has 1 N–H and O–H groups in total. The molecule has 2 aliphatic rings.